The first-order valence-corrected chi connectivity index (χ1v) is 6.67. The number of carbonyl (C=O) groups excluding carboxylic acids is 2. The molecular weight excluding hydrogens is 353 g/mol. The van der Waals surface area contributed by atoms with Crippen molar-refractivity contribution in [3.63, 3.8) is 0 Å². The first kappa shape index (κ1) is 22.4. The van der Waals surface area contributed by atoms with Crippen LogP contribution in [0.4, 0.5) is 30.7 Å². The predicted octanol–water partition coefficient (Wildman–Crippen LogP) is 0.542. The molecule has 0 heterocycles. The van der Waals surface area contributed by atoms with E-state index >= 15 is 0 Å². The largest absolute Gasteiger partial charge is 0.550 e. The van der Waals surface area contributed by atoms with Gasteiger partial charge < -0.3 is 19.7 Å². The second-order valence-corrected chi connectivity index (χ2v) is 5.76. The van der Waals surface area contributed by atoms with Gasteiger partial charge in [-0.15, -0.1) is 0 Å². The first-order chi connectivity index (χ1) is 10.5. The zero-order valence-corrected chi connectivity index (χ0v) is 12.9. The monoisotopic (exact) mass is 370 g/mol. The fourth-order valence-corrected chi connectivity index (χ4v) is 1.65. The normalized spacial score (nSPS) is 13.7. The van der Waals surface area contributed by atoms with Gasteiger partial charge in [0.05, 0.1) is 27.2 Å². The van der Waals surface area contributed by atoms with Crippen molar-refractivity contribution in [2.24, 2.45) is 0 Å². The molecule has 142 valence electrons. The van der Waals surface area contributed by atoms with Gasteiger partial charge in [-0.2, -0.15) is 30.7 Å². The smallest absolute Gasteiger partial charge is 0.460 e. The summed E-state index contributed by atoms with van der Waals surface area (Å²) in [4.78, 5) is 21.3. The van der Waals surface area contributed by atoms with Crippen molar-refractivity contribution >= 4 is 11.9 Å². The molecule has 0 aromatic heterocycles. The van der Waals surface area contributed by atoms with Gasteiger partial charge in [-0.1, -0.05) is 0 Å². The van der Waals surface area contributed by atoms with Crippen LogP contribution in [0.2, 0.25) is 0 Å². The van der Waals surface area contributed by atoms with Crippen LogP contribution in [0.15, 0.2) is 0 Å². The number of alkyl halides is 7. The highest BCUT2D eigenvalue weighted by molar-refractivity contribution is 5.84. The molecule has 5 nitrogen and oxygen atoms in total. The van der Waals surface area contributed by atoms with E-state index in [1.165, 1.54) is 5.32 Å². The van der Waals surface area contributed by atoms with Crippen molar-refractivity contribution in [3.05, 3.63) is 0 Å². The highest BCUT2D eigenvalue weighted by Crippen LogP contribution is 2.46. The number of hydrogen-bond acceptors (Lipinski definition) is 3. The number of carboxylic acids is 1. The molecule has 0 aliphatic rings. The third-order valence-electron chi connectivity index (χ3n) is 3.18. The molecule has 0 bridgehead atoms. The minimum Gasteiger partial charge on any atom is -0.550 e. The van der Waals surface area contributed by atoms with Crippen LogP contribution in [0.1, 0.15) is 12.8 Å². The van der Waals surface area contributed by atoms with Crippen LogP contribution in [0.5, 0.6) is 0 Å². The van der Waals surface area contributed by atoms with E-state index in [9.17, 15) is 45.4 Å². The van der Waals surface area contributed by atoms with E-state index in [0.717, 1.165) is 0 Å². The number of nitrogens with zero attached hydrogens (tertiary/aromatic N) is 1. The third-order valence-corrected chi connectivity index (χ3v) is 3.18. The van der Waals surface area contributed by atoms with Gasteiger partial charge in [0, 0.05) is 25.4 Å². The van der Waals surface area contributed by atoms with E-state index in [1.807, 2.05) is 0 Å². The Morgan fingerprint density at radius 3 is 1.92 bits per heavy atom. The second-order valence-electron chi connectivity index (χ2n) is 5.76. The number of nitrogens with one attached hydrogen (secondary N) is 1. The maximum absolute atomic E-state index is 13.0. The van der Waals surface area contributed by atoms with Crippen LogP contribution in [0.3, 0.4) is 0 Å². The Morgan fingerprint density at radius 2 is 1.50 bits per heavy atom. The number of carbonyl (C=O) groups is 2. The molecule has 0 saturated heterocycles. The zero-order valence-electron chi connectivity index (χ0n) is 12.9. The van der Waals surface area contributed by atoms with Crippen LogP contribution in [0, 0.1) is 0 Å². The molecule has 0 aromatic carbocycles. The Labute approximate surface area is 133 Å². The minimum absolute atomic E-state index is 0.0422. The summed E-state index contributed by atoms with van der Waals surface area (Å²) in [6, 6.07) is 0. The van der Waals surface area contributed by atoms with Gasteiger partial charge in [0.2, 0.25) is 0 Å². The zero-order chi connectivity index (χ0) is 19.4. The van der Waals surface area contributed by atoms with Crippen LogP contribution in [-0.4, -0.2) is 68.1 Å². The molecule has 0 aromatic rings. The van der Waals surface area contributed by atoms with Crippen molar-refractivity contribution in [1.82, 2.24) is 5.32 Å². The van der Waals surface area contributed by atoms with Gasteiger partial charge in [-0.25, -0.2) is 0 Å². The van der Waals surface area contributed by atoms with Gasteiger partial charge in [0.15, 0.2) is 0 Å². The number of aliphatic carboxylic acids is 1. The van der Waals surface area contributed by atoms with E-state index in [4.69, 9.17) is 0 Å². The summed E-state index contributed by atoms with van der Waals surface area (Å²) in [5, 5.41) is 11.7. The van der Waals surface area contributed by atoms with E-state index in [2.05, 4.69) is 0 Å². The number of carboxylic acid groups (broad SMARTS) is 1. The molecule has 0 atom stereocenters. The SMILES string of the molecule is C[N+](C)(CCCNC(=O)C(F)(F)C(F)(F)C(F)(F)F)CCC(=O)[O-]. The van der Waals surface area contributed by atoms with Crippen LogP contribution < -0.4 is 10.4 Å². The second kappa shape index (κ2) is 7.53. The summed E-state index contributed by atoms with van der Waals surface area (Å²) in [6.45, 7) is -0.289. The topological polar surface area (TPSA) is 69.2 Å². The maximum Gasteiger partial charge on any atom is 0.460 e. The summed E-state index contributed by atoms with van der Waals surface area (Å²) in [5.41, 5.74) is 0. The van der Waals surface area contributed by atoms with Crippen molar-refractivity contribution in [2.45, 2.75) is 30.9 Å². The van der Waals surface area contributed by atoms with Crippen LogP contribution >= 0.6 is 0 Å². The molecular formula is C12H17F7N2O3. The van der Waals surface area contributed by atoms with Crippen molar-refractivity contribution in [1.29, 1.82) is 0 Å². The quantitative estimate of drug-likeness (QED) is 0.366. The van der Waals surface area contributed by atoms with Crippen molar-refractivity contribution < 1.29 is 49.9 Å². The number of quaternary nitrogens is 1. The molecule has 0 saturated carbocycles. The lowest BCUT2D eigenvalue weighted by molar-refractivity contribution is -0.890. The minimum atomic E-state index is -6.57. The van der Waals surface area contributed by atoms with Gasteiger partial charge in [0.1, 0.15) is 0 Å². The summed E-state index contributed by atoms with van der Waals surface area (Å²) >= 11 is 0. The van der Waals surface area contributed by atoms with E-state index in [-0.39, 0.29) is 30.4 Å². The number of amides is 1. The summed E-state index contributed by atoms with van der Waals surface area (Å²) in [5.74, 6) is -16.5. The number of halogens is 7. The fraction of sp³-hybridized carbons (Fsp3) is 0.833. The average Bonchev–Trinajstić information content (AvgIpc) is 2.39. The molecule has 0 aliphatic carbocycles. The Bertz CT molecular complexity index is 464. The van der Waals surface area contributed by atoms with E-state index in [0.29, 0.717) is 0 Å². The lowest BCUT2D eigenvalue weighted by Crippen LogP contribution is -2.59. The van der Waals surface area contributed by atoms with E-state index < -0.39 is 36.4 Å². The molecule has 0 rings (SSSR count). The van der Waals surface area contributed by atoms with Gasteiger partial charge in [-0.05, 0) is 0 Å². The highest BCUT2D eigenvalue weighted by atomic mass is 19.4. The molecule has 0 unspecified atom stereocenters. The molecule has 0 radical (unpaired) electrons. The van der Waals surface area contributed by atoms with Crippen LogP contribution in [0.25, 0.3) is 0 Å². The summed E-state index contributed by atoms with van der Waals surface area (Å²) in [6.07, 6.45) is -6.90. The molecule has 24 heavy (non-hydrogen) atoms. The Kier molecular flexibility index (Phi) is 7.03. The molecule has 1 amide bonds. The molecule has 0 aliphatic heterocycles. The molecule has 0 fully saturated rings. The van der Waals surface area contributed by atoms with Gasteiger partial charge >= 0.3 is 18.0 Å². The molecule has 1 N–H and O–H groups in total. The summed E-state index contributed by atoms with van der Waals surface area (Å²) in [7, 11) is 3.16. The Morgan fingerprint density at radius 1 is 1.00 bits per heavy atom. The standard InChI is InChI=1S/C12H17F7N2O3/c1-21(2,7-4-8(22)23)6-3-5-20-9(24)10(13,14)11(15,16)12(17,18)19/h3-7H2,1-2H3,(H-,20,22,23,24). The van der Waals surface area contributed by atoms with E-state index in [1.54, 1.807) is 14.1 Å². The van der Waals surface area contributed by atoms with Crippen molar-refractivity contribution in [2.75, 3.05) is 33.7 Å². The van der Waals surface area contributed by atoms with Crippen molar-refractivity contribution in [3.8, 4) is 0 Å². The number of hydrogen-bond donors (Lipinski definition) is 1. The summed E-state index contributed by atoms with van der Waals surface area (Å²) < 4.78 is 87.1. The first-order valence-electron chi connectivity index (χ1n) is 6.67. The third kappa shape index (κ3) is 5.80. The van der Waals surface area contributed by atoms with Crippen LogP contribution in [-0.2, 0) is 9.59 Å². The Hall–Kier alpha value is -1.59. The predicted molar refractivity (Wildman–Crippen MR) is 65.0 cm³/mol. The fourth-order valence-electron chi connectivity index (χ4n) is 1.65. The average molecular weight is 370 g/mol. The molecule has 12 heteroatoms. The lowest BCUT2D eigenvalue weighted by Gasteiger charge is -2.30. The number of rotatable bonds is 9. The van der Waals surface area contributed by atoms with Gasteiger partial charge in [-0.3, -0.25) is 4.79 Å². The lowest BCUT2D eigenvalue weighted by atomic mass is 10.1. The Balaban J connectivity index is 4.52. The highest BCUT2D eigenvalue weighted by Gasteiger charge is 2.76. The maximum atomic E-state index is 13.0. The molecule has 0 spiro atoms. The van der Waals surface area contributed by atoms with Gasteiger partial charge in [0.25, 0.3) is 5.91 Å².